The van der Waals surface area contributed by atoms with E-state index in [2.05, 4.69) is 10.1 Å². The summed E-state index contributed by atoms with van der Waals surface area (Å²) in [5.74, 6) is 0. The van der Waals surface area contributed by atoms with Crippen molar-refractivity contribution in [1.82, 2.24) is 19.3 Å². The minimum atomic E-state index is -5.35. The van der Waals surface area contributed by atoms with E-state index in [0.717, 1.165) is 19.9 Å². The normalized spacial score (nSPS) is 17.3. The molecule has 0 spiro atoms. The van der Waals surface area contributed by atoms with Gasteiger partial charge in [-0.2, -0.15) is 31.4 Å². The Bertz CT molecular complexity index is 1170. The van der Waals surface area contributed by atoms with Gasteiger partial charge >= 0.3 is 12.4 Å². The highest BCUT2D eigenvalue weighted by atomic mass is 19.4. The summed E-state index contributed by atoms with van der Waals surface area (Å²) in [7, 11) is 1.12. The second-order valence-electron chi connectivity index (χ2n) is 7.13. The quantitative estimate of drug-likeness (QED) is 0.645. The molecule has 0 unspecified atom stereocenters. The van der Waals surface area contributed by atoms with Crippen molar-refractivity contribution in [3.63, 3.8) is 0 Å². The summed E-state index contributed by atoms with van der Waals surface area (Å²) < 4.78 is 82.6. The number of hydrogen-bond donors (Lipinski definition) is 1. The fraction of sp³-hybridized carbons (Fsp3) is 0.389. The zero-order valence-corrected chi connectivity index (χ0v) is 15.3. The molecule has 12 heteroatoms. The lowest BCUT2D eigenvalue weighted by Gasteiger charge is -2.31. The number of aryl methyl sites for hydroxylation is 1. The molecule has 3 aromatic rings. The molecule has 30 heavy (non-hydrogen) atoms. The van der Waals surface area contributed by atoms with Gasteiger partial charge in [0.25, 0.3) is 5.56 Å². The summed E-state index contributed by atoms with van der Waals surface area (Å²) in [5, 5.41) is 14.4. The second kappa shape index (κ2) is 6.30. The fourth-order valence-corrected chi connectivity index (χ4v) is 3.48. The number of nitrogens with zero attached hydrogens (tertiary/aromatic N) is 4. The van der Waals surface area contributed by atoms with E-state index in [-0.39, 0.29) is 16.9 Å². The lowest BCUT2D eigenvalue weighted by molar-refractivity contribution is -0.250. The van der Waals surface area contributed by atoms with Gasteiger partial charge in [0.2, 0.25) is 5.60 Å². The van der Waals surface area contributed by atoms with E-state index in [1.165, 1.54) is 16.8 Å². The van der Waals surface area contributed by atoms with Crippen molar-refractivity contribution in [3.05, 3.63) is 57.9 Å². The first kappa shape index (κ1) is 20.4. The maximum absolute atomic E-state index is 14.1. The fourth-order valence-electron chi connectivity index (χ4n) is 3.48. The first-order chi connectivity index (χ1) is 13.9. The third kappa shape index (κ3) is 2.97. The zero-order valence-electron chi connectivity index (χ0n) is 15.3. The van der Waals surface area contributed by atoms with E-state index in [4.69, 9.17) is 0 Å². The Kier molecular flexibility index (Phi) is 4.28. The summed E-state index contributed by atoms with van der Waals surface area (Å²) in [4.78, 5) is 15.7. The SMILES string of the molecule is Cn1nc2c(=O)n(C3CC3)ccc2c1[C@@](O)(c1ccc(C(F)(F)F)nc1)C(F)(F)F. The number of hydrogen-bond acceptors (Lipinski definition) is 4. The van der Waals surface area contributed by atoms with Crippen molar-refractivity contribution in [2.45, 2.75) is 36.8 Å². The van der Waals surface area contributed by atoms with E-state index in [1.54, 1.807) is 0 Å². The molecule has 1 aliphatic rings. The van der Waals surface area contributed by atoms with Crippen LogP contribution >= 0.6 is 0 Å². The van der Waals surface area contributed by atoms with Gasteiger partial charge in [-0.3, -0.25) is 14.5 Å². The molecule has 1 saturated carbocycles. The molecule has 1 aliphatic carbocycles. The van der Waals surface area contributed by atoms with Crippen LogP contribution in [0.1, 0.15) is 35.8 Å². The molecule has 6 nitrogen and oxygen atoms in total. The molecule has 1 N–H and O–H groups in total. The van der Waals surface area contributed by atoms with Crippen LogP contribution in [0.25, 0.3) is 10.9 Å². The smallest absolute Gasteiger partial charge is 0.371 e. The molecule has 0 saturated heterocycles. The molecular formula is C18H14F6N4O2. The van der Waals surface area contributed by atoms with E-state index in [9.17, 15) is 36.2 Å². The average molecular weight is 432 g/mol. The minimum absolute atomic E-state index is 0.0482. The van der Waals surface area contributed by atoms with Crippen molar-refractivity contribution in [2.75, 3.05) is 0 Å². The predicted molar refractivity (Wildman–Crippen MR) is 91.5 cm³/mol. The monoisotopic (exact) mass is 432 g/mol. The lowest BCUT2D eigenvalue weighted by Crippen LogP contribution is -2.45. The topological polar surface area (TPSA) is 72.9 Å². The van der Waals surface area contributed by atoms with Crippen LogP contribution < -0.4 is 5.56 Å². The molecule has 0 aliphatic heterocycles. The van der Waals surface area contributed by atoms with Crippen LogP contribution in [0.2, 0.25) is 0 Å². The Labute approximate surface area is 164 Å². The van der Waals surface area contributed by atoms with Gasteiger partial charge < -0.3 is 9.67 Å². The Balaban J connectivity index is 1.96. The Morgan fingerprint density at radius 3 is 2.27 bits per heavy atom. The number of aliphatic hydroxyl groups is 1. The molecule has 1 fully saturated rings. The predicted octanol–water partition coefficient (Wildman–Crippen LogP) is 3.28. The van der Waals surface area contributed by atoms with Gasteiger partial charge in [0.15, 0.2) is 5.52 Å². The van der Waals surface area contributed by atoms with E-state index in [1.807, 2.05) is 0 Å². The summed E-state index contributed by atoms with van der Waals surface area (Å²) >= 11 is 0. The standard InChI is InChI=1S/C18H14F6N4O2/c1-27-14(11-6-7-28(10-3-4-10)15(29)13(11)26-27)16(30,18(22,23)24)9-2-5-12(25-8-9)17(19,20)21/h2,5-8,10,30H,3-4H2,1H3/t16-/m0/s1. The highest BCUT2D eigenvalue weighted by molar-refractivity contribution is 5.82. The van der Waals surface area contributed by atoms with Gasteiger partial charge in [-0.05, 0) is 25.0 Å². The molecule has 3 heterocycles. The van der Waals surface area contributed by atoms with Crippen molar-refractivity contribution >= 4 is 10.9 Å². The second-order valence-corrected chi connectivity index (χ2v) is 7.13. The number of rotatable bonds is 3. The van der Waals surface area contributed by atoms with Crippen LogP contribution in [0.3, 0.4) is 0 Å². The van der Waals surface area contributed by atoms with Crippen molar-refractivity contribution in [1.29, 1.82) is 0 Å². The van der Waals surface area contributed by atoms with Crippen LogP contribution in [-0.4, -0.2) is 30.6 Å². The average Bonchev–Trinajstić information content (AvgIpc) is 3.42. The summed E-state index contributed by atoms with van der Waals surface area (Å²) in [6, 6.07) is 2.05. The van der Waals surface area contributed by atoms with Crippen molar-refractivity contribution in [3.8, 4) is 0 Å². The number of fused-ring (bicyclic) bond motifs is 1. The molecule has 3 aromatic heterocycles. The summed E-state index contributed by atoms with van der Waals surface area (Å²) in [5.41, 5.74) is -7.74. The molecule has 0 bridgehead atoms. The van der Waals surface area contributed by atoms with Gasteiger partial charge in [0, 0.05) is 36.4 Å². The molecule has 4 rings (SSSR count). The third-order valence-corrected chi connectivity index (χ3v) is 5.09. The van der Waals surface area contributed by atoms with Gasteiger partial charge in [-0.15, -0.1) is 0 Å². The van der Waals surface area contributed by atoms with Crippen molar-refractivity contribution in [2.24, 2.45) is 7.05 Å². The number of aromatic nitrogens is 4. The van der Waals surface area contributed by atoms with Gasteiger partial charge in [0.1, 0.15) is 5.69 Å². The first-order valence-electron chi connectivity index (χ1n) is 8.77. The van der Waals surface area contributed by atoms with Crippen LogP contribution in [0.15, 0.2) is 35.4 Å². The van der Waals surface area contributed by atoms with Crippen LogP contribution in [0, 0.1) is 0 Å². The maximum atomic E-state index is 14.1. The van der Waals surface area contributed by atoms with E-state index >= 15 is 0 Å². The lowest BCUT2D eigenvalue weighted by atomic mass is 9.88. The highest BCUT2D eigenvalue weighted by Crippen LogP contribution is 2.46. The number of pyridine rings is 2. The van der Waals surface area contributed by atoms with Gasteiger partial charge in [-0.1, -0.05) is 6.07 Å². The minimum Gasteiger partial charge on any atom is -0.371 e. The highest BCUT2D eigenvalue weighted by Gasteiger charge is 2.59. The largest absolute Gasteiger partial charge is 0.433 e. The van der Waals surface area contributed by atoms with Crippen LogP contribution in [0.4, 0.5) is 26.3 Å². The van der Waals surface area contributed by atoms with Crippen LogP contribution in [0.5, 0.6) is 0 Å². The van der Waals surface area contributed by atoms with Crippen LogP contribution in [-0.2, 0) is 18.8 Å². The summed E-state index contributed by atoms with van der Waals surface area (Å²) in [6.07, 6.45) is -7.04. The Hall–Kier alpha value is -2.89. The van der Waals surface area contributed by atoms with Gasteiger partial charge in [-0.25, -0.2) is 0 Å². The Morgan fingerprint density at radius 1 is 1.10 bits per heavy atom. The Morgan fingerprint density at radius 2 is 1.77 bits per heavy atom. The summed E-state index contributed by atoms with van der Waals surface area (Å²) in [6.45, 7) is 0. The molecule has 0 amide bonds. The van der Waals surface area contributed by atoms with E-state index < -0.39 is 40.5 Å². The zero-order chi connectivity index (χ0) is 22.1. The molecular weight excluding hydrogens is 418 g/mol. The third-order valence-electron chi connectivity index (χ3n) is 5.09. The van der Waals surface area contributed by atoms with Crippen molar-refractivity contribution < 1.29 is 31.4 Å². The number of halogens is 6. The van der Waals surface area contributed by atoms with E-state index in [0.29, 0.717) is 23.0 Å². The maximum Gasteiger partial charge on any atom is 0.433 e. The molecule has 160 valence electrons. The molecule has 0 radical (unpaired) electrons. The first-order valence-corrected chi connectivity index (χ1v) is 8.77. The molecule has 1 atom stereocenters. The molecule has 0 aromatic carbocycles. The van der Waals surface area contributed by atoms with Gasteiger partial charge in [0.05, 0.1) is 5.69 Å². The number of alkyl halides is 6.